The summed E-state index contributed by atoms with van der Waals surface area (Å²) in [5.41, 5.74) is 7.03. The number of allylic oxidation sites excluding steroid dienone is 2. The first-order chi connectivity index (χ1) is 15.3. The molecule has 1 amide bonds. The van der Waals surface area contributed by atoms with Crippen LogP contribution in [-0.4, -0.2) is 35.5 Å². The van der Waals surface area contributed by atoms with Crippen LogP contribution in [0.25, 0.3) is 16.6 Å². The van der Waals surface area contributed by atoms with Crippen LogP contribution in [0.3, 0.4) is 0 Å². The van der Waals surface area contributed by atoms with Gasteiger partial charge < -0.3 is 20.1 Å². The third kappa shape index (κ3) is 3.19. The number of rotatable bonds is 3. The molecule has 6 nitrogen and oxygen atoms in total. The van der Waals surface area contributed by atoms with Gasteiger partial charge in [-0.15, -0.1) is 0 Å². The van der Waals surface area contributed by atoms with Crippen LogP contribution in [-0.2, 0) is 6.54 Å². The van der Waals surface area contributed by atoms with Crippen LogP contribution >= 0.6 is 0 Å². The van der Waals surface area contributed by atoms with E-state index < -0.39 is 0 Å². The number of hydrogen-bond acceptors (Lipinski definition) is 4. The number of carbonyl (C=O) groups excluding carboxylic acids is 1. The lowest BCUT2D eigenvalue weighted by Gasteiger charge is -2.29. The molecule has 6 rings (SSSR count). The molecule has 2 aromatic carbocycles. The zero-order chi connectivity index (χ0) is 20.8. The molecule has 1 saturated heterocycles. The molecule has 0 bridgehead atoms. The topological polar surface area (TPSA) is 64.3 Å². The van der Waals surface area contributed by atoms with Crippen LogP contribution in [0, 0.1) is 0 Å². The molecular weight excluding hydrogens is 386 g/mol. The van der Waals surface area contributed by atoms with Gasteiger partial charge in [-0.2, -0.15) is 0 Å². The molecule has 0 saturated carbocycles. The largest absolute Gasteiger partial charge is 0.387 e. The molecule has 0 spiro atoms. The lowest BCUT2D eigenvalue weighted by molar-refractivity contribution is 0.0996. The summed E-state index contributed by atoms with van der Waals surface area (Å²) in [5.74, 6) is 0.936. The molecule has 6 heteroatoms. The van der Waals surface area contributed by atoms with Gasteiger partial charge in [0, 0.05) is 42.1 Å². The number of dihydropyridines is 1. The average Bonchev–Trinajstić information content (AvgIpc) is 3.40. The molecule has 4 heterocycles. The Morgan fingerprint density at radius 2 is 1.84 bits per heavy atom. The van der Waals surface area contributed by atoms with Gasteiger partial charge in [0.2, 0.25) is 0 Å². The summed E-state index contributed by atoms with van der Waals surface area (Å²) in [5, 5.41) is 3.21. The molecular formula is C25H25N5O. The van der Waals surface area contributed by atoms with Crippen molar-refractivity contribution >= 4 is 33.9 Å². The molecule has 0 atom stereocenters. The zero-order valence-electron chi connectivity index (χ0n) is 17.4. The van der Waals surface area contributed by atoms with Crippen LogP contribution in [0.4, 0.5) is 11.4 Å². The Morgan fingerprint density at radius 3 is 2.68 bits per heavy atom. The predicted octanol–water partition coefficient (Wildman–Crippen LogP) is 4.21. The molecule has 1 fully saturated rings. The fourth-order valence-electron chi connectivity index (χ4n) is 4.80. The monoisotopic (exact) mass is 411 g/mol. The maximum absolute atomic E-state index is 13.1. The molecule has 0 radical (unpaired) electrons. The van der Waals surface area contributed by atoms with Crippen LogP contribution in [0.1, 0.15) is 41.0 Å². The van der Waals surface area contributed by atoms with E-state index in [0.29, 0.717) is 6.54 Å². The first-order valence-corrected chi connectivity index (χ1v) is 11.1. The quantitative estimate of drug-likeness (QED) is 0.678. The Hall–Kier alpha value is -3.54. The first-order valence-electron chi connectivity index (χ1n) is 11.1. The van der Waals surface area contributed by atoms with Crippen molar-refractivity contribution in [3.8, 4) is 0 Å². The Labute approximate surface area is 181 Å². The summed E-state index contributed by atoms with van der Waals surface area (Å²) in [6.07, 6.45) is 9.78. The number of nitrogens with zero attached hydrogens (tertiary/aromatic N) is 3. The molecule has 3 aliphatic rings. The summed E-state index contributed by atoms with van der Waals surface area (Å²) in [6, 6.07) is 12.4. The molecule has 3 aromatic rings. The van der Waals surface area contributed by atoms with Gasteiger partial charge in [0.1, 0.15) is 5.82 Å². The van der Waals surface area contributed by atoms with E-state index in [2.05, 4.69) is 33.4 Å². The zero-order valence-corrected chi connectivity index (χ0v) is 17.4. The summed E-state index contributed by atoms with van der Waals surface area (Å²) in [4.78, 5) is 25.6. The van der Waals surface area contributed by atoms with Crippen molar-refractivity contribution in [2.45, 2.75) is 25.8 Å². The lowest BCUT2D eigenvalue weighted by atomic mass is 10.1. The third-order valence-electron chi connectivity index (χ3n) is 6.50. The number of aromatic nitrogens is 2. The van der Waals surface area contributed by atoms with E-state index >= 15 is 0 Å². The van der Waals surface area contributed by atoms with Gasteiger partial charge in [-0.05, 0) is 73.5 Å². The fourth-order valence-corrected chi connectivity index (χ4v) is 4.80. The van der Waals surface area contributed by atoms with Gasteiger partial charge in [-0.25, -0.2) is 4.98 Å². The Balaban J connectivity index is 1.29. The number of benzene rings is 2. The van der Waals surface area contributed by atoms with Crippen LogP contribution in [0.2, 0.25) is 0 Å². The van der Waals surface area contributed by atoms with Crippen LogP contribution in [0.5, 0.6) is 0 Å². The van der Waals surface area contributed by atoms with Gasteiger partial charge in [0.05, 0.1) is 17.6 Å². The van der Waals surface area contributed by atoms with E-state index in [1.165, 1.54) is 24.9 Å². The molecule has 156 valence electrons. The summed E-state index contributed by atoms with van der Waals surface area (Å²) < 4.78 is 0. The number of hydrogen-bond donors (Lipinski definition) is 2. The second-order valence-electron chi connectivity index (χ2n) is 8.50. The van der Waals surface area contributed by atoms with Crippen molar-refractivity contribution in [1.29, 1.82) is 0 Å². The summed E-state index contributed by atoms with van der Waals surface area (Å²) in [7, 11) is 0. The van der Waals surface area contributed by atoms with Crippen molar-refractivity contribution in [2.75, 3.05) is 29.4 Å². The van der Waals surface area contributed by atoms with Gasteiger partial charge in [-0.3, -0.25) is 4.79 Å². The molecule has 0 aliphatic carbocycles. The number of fused-ring (bicyclic) bond motifs is 2. The second kappa shape index (κ2) is 7.30. The molecule has 3 aliphatic heterocycles. The van der Waals surface area contributed by atoms with Gasteiger partial charge in [0.25, 0.3) is 5.91 Å². The lowest BCUT2D eigenvalue weighted by Crippen LogP contribution is -2.29. The van der Waals surface area contributed by atoms with Crippen molar-refractivity contribution in [3.05, 3.63) is 71.7 Å². The molecule has 0 unspecified atom stereocenters. The average molecular weight is 412 g/mol. The van der Waals surface area contributed by atoms with E-state index in [1.54, 1.807) is 0 Å². The number of piperidine rings is 1. The van der Waals surface area contributed by atoms with Gasteiger partial charge in [0.15, 0.2) is 0 Å². The fraction of sp³-hybridized carbons (Fsp3) is 0.280. The number of aromatic amines is 1. The molecule has 2 N–H and O–H groups in total. The number of nitrogens with one attached hydrogen (secondary N) is 2. The van der Waals surface area contributed by atoms with E-state index in [1.807, 2.05) is 41.4 Å². The second-order valence-corrected chi connectivity index (χ2v) is 8.50. The van der Waals surface area contributed by atoms with E-state index in [9.17, 15) is 4.79 Å². The van der Waals surface area contributed by atoms with Crippen molar-refractivity contribution in [3.63, 3.8) is 0 Å². The first kappa shape index (κ1) is 18.2. The number of imidazole rings is 1. The number of anilines is 2. The SMILES string of the molecule is O=C1c2ccc(N3CCCCC3)cc2CN1c1ccc2[nH]c(C3=CC=CNC3)nc2c1. The summed E-state index contributed by atoms with van der Waals surface area (Å²) in [6.45, 7) is 3.58. The number of carbonyl (C=O) groups is 1. The predicted molar refractivity (Wildman–Crippen MR) is 124 cm³/mol. The Kier molecular flexibility index (Phi) is 4.30. The highest BCUT2D eigenvalue weighted by atomic mass is 16.2. The van der Waals surface area contributed by atoms with Crippen molar-refractivity contribution in [2.24, 2.45) is 0 Å². The smallest absolute Gasteiger partial charge is 0.258 e. The van der Waals surface area contributed by atoms with Gasteiger partial charge in [-0.1, -0.05) is 6.08 Å². The highest BCUT2D eigenvalue weighted by Gasteiger charge is 2.29. The molecule has 31 heavy (non-hydrogen) atoms. The minimum atomic E-state index is 0.0691. The van der Waals surface area contributed by atoms with Crippen molar-refractivity contribution < 1.29 is 4.79 Å². The van der Waals surface area contributed by atoms with Gasteiger partial charge >= 0.3 is 0 Å². The summed E-state index contributed by atoms with van der Waals surface area (Å²) >= 11 is 0. The number of amides is 1. The normalized spacial score (nSPS) is 18.3. The molecule has 1 aromatic heterocycles. The maximum Gasteiger partial charge on any atom is 0.258 e. The maximum atomic E-state index is 13.1. The van der Waals surface area contributed by atoms with Crippen LogP contribution < -0.4 is 15.1 Å². The van der Waals surface area contributed by atoms with Crippen molar-refractivity contribution in [1.82, 2.24) is 15.3 Å². The van der Waals surface area contributed by atoms with Crippen LogP contribution in [0.15, 0.2) is 54.8 Å². The van der Waals surface area contributed by atoms with E-state index in [-0.39, 0.29) is 5.91 Å². The minimum absolute atomic E-state index is 0.0691. The Bertz CT molecular complexity index is 1230. The van der Waals surface area contributed by atoms with E-state index in [0.717, 1.165) is 58.9 Å². The minimum Gasteiger partial charge on any atom is -0.387 e. The highest BCUT2D eigenvalue weighted by molar-refractivity contribution is 6.10. The Morgan fingerprint density at radius 1 is 0.968 bits per heavy atom. The highest BCUT2D eigenvalue weighted by Crippen LogP contribution is 2.33. The number of H-pyrrole nitrogens is 1. The van der Waals surface area contributed by atoms with E-state index in [4.69, 9.17) is 4.98 Å². The third-order valence-corrected chi connectivity index (χ3v) is 6.50. The standard InChI is InChI=1S/C25H25N5O/c31-25-21-8-6-19(29-11-2-1-3-12-29)13-18(21)16-30(25)20-7-9-22-23(14-20)28-24(27-22)17-5-4-10-26-15-17/h4-10,13-14,26H,1-3,11-12,15-16H2,(H,27,28).